The minimum atomic E-state index is -0.691. The van der Waals surface area contributed by atoms with Gasteiger partial charge >= 0.3 is 0 Å². The normalized spacial score (nSPS) is 12.0. The van der Waals surface area contributed by atoms with Gasteiger partial charge in [0.1, 0.15) is 11.5 Å². The maximum atomic E-state index is 12.0. The van der Waals surface area contributed by atoms with Crippen molar-refractivity contribution in [3.05, 3.63) is 52.4 Å². The second kappa shape index (κ2) is 7.28. The second-order valence-corrected chi connectivity index (χ2v) is 5.30. The number of aliphatic hydroxyl groups excluding tert-OH is 1. The predicted molar refractivity (Wildman–Crippen MR) is 80.7 cm³/mol. The molecule has 2 N–H and O–H groups in total. The molecule has 0 saturated heterocycles. The van der Waals surface area contributed by atoms with Gasteiger partial charge in [-0.25, -0.2) is 0 Å². The van der Waals surface area contributed by atoms with Crippen LogP contribution in [0.15, 0.2) is 45.5 Å². The molecule has 1 amide bonds. The number of rotatable bonds is 6. The quantitative estimate of drug-likeness (QED) is 0.837. The Morgan fingerprint density at radius 2 is 2.24 bits per heavy atom. The third-order valence-electron chi connectivity index (χ3n) is 2.90. The van der Waals surface area contributed by atoms with E-state index in [0.717, 1.165) is 0 Å². The highest BCUT2D eigenvalue weighted by molar-refractivity contribution is 9.10. The van der Waals surface area contributed by atoms with Crippen LogP contribution in [-0.2, 0) is 17.9 Å². The highest BCUT2D eigenvalue weighted by Gasteiger charge is 2.18. The molecule has 0 aliphatic rings. The van der Waals surface area contributed by atoms with Crippen LogP contribution >= 0.6 is 15.9 Å². The molecule has 0 aliphatic heterocycles. The Hall–Kier alpha value is -1.79. The van der Waals surface area contributed by atoms with Crippen molar-refractivity contribution in [2.24, 2.45) is 0 Å². The number of ether oxygens (including phenoxy) is 1. The fourth-order valence-corrected chi connectivity index (χ4v) is 2.27. The van der Waals surface area contributed by atoms with Gasteiger partial charge in [-0.15, -0.1) is 0 Å². The first-order valence-corrected chi connectivity index (χ1v) is 7.26. The van der Waals surface area contributed by atoms with Crippen LogP contribution in [0.25, 0.3) is 0 Å². The summed E-state index contributed by atoms with van der Waals surface area (Å²) in [6, 6.07) is 8.87. The molecule has 1 unspecified atom stereocenters. The molecule has 1 atom stereocenters. The zero-order valence-corrected chi connectivity index (χ0v) is 13.1. The molecule has 0 fully saturated rings. The van der Waals surface area contributed by atoms with E-state index in [1.165, 1.54) is 0 Å². The summed E-state index contributed by atoms with van der Waals surface area (Å²) >= 11 is 3.35. The minimum Gasteiger partial charge on any atom is -0.479 e. The molecule has 1 heterocycles. The van der Waals surface area contributed by atoms with Gasteiger partial charge in [0.2, 0.25) is 0 Å². The molecule has 0 saturated carbocycles. The zero-order valence-electron chi connectivity index (χ0n) is 11.5. The van der Waals surface area contributed by atoms with Crippen LogP contribution < -0.4 is 10.1 Å². The smallest absolute Gasteiger partial charge is 0.261 e. The van der Waals surface area contributed by atoms with Crippen LogP contribution in [-0.4, -0.2) is 17.1 Å². The van der Waals surface area contributed by atoms with Crippen molar-refractivity contribution in [1.29, 1.82) is 0 Å². The maximum Gasteiger partial charge on any atom is 0.261 e. The molecule has 2 rings (SSSR count). The van der Waals surface area contributed by atoms with Gasteiger partial charge in [-0.05, 0) is 41.1 Å². The lowest BCUT2D eigenvalue weighted by Crippen LogP contribution is -2.36. The fraction of sp³-hybridized carbons (Fsp3) is 0.267. The van der Waals surface area contributed by atoms with Gasteiger partial charge in [0.05, 0.1) is 23.9 Å². The van der Waals surface area contributed by atoms with Crippen LogP contribution in [0.2, 0.25) is 0 Å². The van der Waals surface area contributed by atoms with Gasteiger partial charge < -0.3 is 19.6 Å². The summed E-state index contributed by atoms with van der Waals surface area (Å²) in [5, 5.41) is 12.0. The van der Waals surface area contributed by atoms with Crippen LogP contribution in [0.1, 0.15) is 18.2 Å². The summed E-state index contributed by atoms with van der Waals surface area (Å²) in [5.41, 5.74) is 0.620. The Labute approximate surface area is 131 Å². The topological polar surface area (TPSA) is 71.7 Å². The van der Waals surface area contributed by atoms with Crippen molar-refractivity contribution in [3.63, 3.8) is 0 Å². The number of halogens is 1. The zero-order chi connectivity index (χ0) is 15.2. The maximum absolute atomic E-state index is 12.0. The van der Waals surface area contributed by atoms with Crippen LogP contribution in [0, 0.1) is 0 Å². The van der Waals surface area contributed by atoms with Crippen molar-refractivity contribution in [2.75, 3.05) is 0 Å². The largest absolute Gasteiger partial charge is 0.479 e. The molecule has 2 aromatic rings. The van der Waals surface area contributed by atoms with E-state index in [4.69, 9.17) is 9.15 Å². The Bertz CT molecular complexity index is 598. The number of furan rings is 1. The van der Waals surface area contributed by atoms with E-state index in [2.05, 4.69) is 21.2 Å². The van der Waals surface area contributed by atoms with E-state index in [0.29, 0.717) is 28.1 Å². The third kappa shape index (κ3) is 4.09. The Morgan fingerprint density at radius 3 is 2.90 bits per heavy atom. The molecular weight excluding hydrogens is 338 g/mol. The average molecular weight is 354 g/mol. The minimum absolute atomic E-state index is 0.157. The molecular formula is C15H16BrNO4. The first-order chi connectivity index (χ1) is 10.1. The van der Waals surface area contributed by atoms with E-state index in [-0.39, 0.29) is 12.5 Å². The van der Waals surface area contributed by atoms with E-state index in [9.17, 15) is 9.90 Å². The van der Waals surface area contributed by atoms with Crippen molar-refractivity contribution >= 4 is 21.8 Å². The molecule has 6 heteroatoms. The highest BCUT2D eigenvalue weighted by Crippen LogP contribution is 2.30. The SMILES string of the molecule is CC(Oc1c(Br)cccc1CO)C(=O)NCc1ccco1. The number of carbonyl (C=O) groups is 1. The molecule has 0 bridgehead atoms. The summed E-state index contributed by atoms with van der Waals surface area (Å²) in [4.78, 5) is 12.0. The Morgan fingerprint density at radius 1 is 1.43 bits per heavy atom. The van der Waals surface area contributed by atoms with Gasteiger partial charge in [-0.3, -0.25) is 4.79 Å². The summed E-state index contributed by atoms with van der Waals surface area (Å²) in [6.07, 6.45) is 0.861. The number of benzene rings is 1. The van der Waals surface area contributed by atoms with E-state index >= 15 is 0 Å². The van der Waals surface area contributed by atoms with Gasteiger partial charge in [-0.2, -0.15) is 0 Å². The lowest BCUT2D eigenvalue weighted by Gasteiger charge is -2.17. The van der Waals surface area contributed by atoms with Crippen molar-refractivity contribution in [3.8, 4) is 5.75 Å². The summed E-state index contributed by atoms with van der Waals surface area (Å²) < 4.78 is 11.5. The molecule has 0 spiro atoms. The number of aliphatic hydroxyl groups is 1. The Kier molecular flexibility index (Phi) is 5.41. The molecule has 5 nitrogen and oxygen atoms in total. The molecule has 112 valence electrons. The number of carbonyl (C=O) groups excluding carboxylic acids is 1. The Balaban J connectivity index is 1.97. The van der Waals surface area contributed by atoms with E-state index in [1.54, 1.807) is 43.5 Å². The standard InChI is InChI=1S/C15H16BrNO4/c1-10(15(19)17-8-12-5-3-7-20-12)21-14-11(9-18)4-2-6-13(14)16/h2-7,10,18H,8-9H2,1H3,(H,17,19). The van der Waals surface area contributed by atoms with Crippen LogP contribution in [0.3, 0.4) is 0 Å². The van der Waals surface area contributed by atoms with Crippen molar-refractivity contribution < 1.29 is 19.1 Å². The summed E-state index contributed by atoms with van der Waals surface area (Å²) in [5.74, 6) is 0.888. The first kappa shape index (κ1) is 15.6. The lowest BCUT2D eigenvalue weighted by molar-refractivity contribution is -0.127. The third-order valence-corrected chi connectivity index (χ3v) is 3.52. The van der Waals surface area contributed by atoms with E-state index < -0.39 is 6.10 Å². The summed E-state index contributed by atoms with van der Waals surface area (Å²) in [6.45, 7) is 1.80. The summed E-state index contributed by atoms with van der Waals surface area (Å²) in [7, 11) is 0. The lowest BCUT2D eigenvalue weighted by atomic mass is 10.2. The second-order valence-electron chi connectivity index (χ2n) is 4.44. The average Bonchev–Trinajstić information content (AvgIpc) is 3.00. The predicted octanol–water partition coefficient (Wildman–Crippen LogP) is 2.62. The van der Waals surface area contributed by atoms with Gasteiger partial charge in [0, 0.05) is 5.56 Å². The monoisotopic (exact) mass is 353 g/mol. The molecule has 0 radical (unpaired) electrons. The van der Waals surface area contributed by atoms with Crippen molar-refractivity contribution in [2.45, 2.75) is 26.2 Å². The number of para-hydroxylation sites is 1. The highest BCUT2D eigenvalue weighted by atomic mass is 79.9. The number of hydrogen-bond donors (Lipinski definition) is 2. The van der Waals surface area contributed by atoms with Gasteiger partial charge in [0.25, 0.3) is 5.91 Å². The number of nitrogens with one attached hydrogen (secondary N) is 1. The van der Waals surface area contributed by atoms with Crippen molar-refractivity contribution in [1.82, 2.24) is 5.32 Å². The fourth-order valence-electron chi connectivity index (χ4n) is 1.77. The van der Waals surface area contributed by atoms with Gasteiger partial charge in [0.15, 0.2) is 6.10 Å². The molecule has 21 heavy (non-hydrogen) atoms. The molecule has 1 aromatic carbocycles. The van der Waals surface area contributed by atoms with E-state index in [1.807, 2.05) is 0 Å². The number of hydrogen-bond acceptors (Lipinski definition) is 4. The van der Waals surface area contributed by atoms with Crippen LogP contribution in [0.5, 0.6) is 5.75 Å². The van der Waals surface area contributed by atoms with Gasteiger partial charge in [-0.1, -0.05) is 12.1 Å². The molecule has 1 aromatic heterocycles. The van der Waals surface area contributed by atoms with Crippen LogP contribution in [0.4, 0.5) is 0 Å². The first-order valence-electron chi connectivity index (χ1n) is 6.47. The molecule has 0 aliphatic carbocycles. The number of amides is 1.